The molecule has 1 fully saturated rings. The van der Waals surface area contributed by atoms with Crippen LogP contribution in [-0.4, -0.2) is 79.3 Å². The summed E-state index contributed by atoms with van der Waals surface area (Å²) >= 11 is 18.5. The summed E-state index contributed by atoms with van der Waals surface area (Å²) in [5, 5.41) is 20.6. The molecular weight excluding hydrogens is 501 g/mol. The van der Waals surface area contributed by atoms with Crippen LogP contribution in [0.1, 0.15) is 25.0 Å². The number of ether oxygens (including phenoxy) is 3. The minimum atomic E-state index is -0.800. The highest BCUT2D eigenvalue weighted by Crippen LogP contribution is 2.40. The topological polar surface area (TPSA) is 71.4 Å². The van der Waals surface area contributed by atoms with Crippen LogP contribution in [0.15, 0.2) is 36.4 Å². The van der Waals surface area contributed by atoms with Gasteiger partial charge >= 0.3 is 0 Å². The number of benzene rings is 2. The van der Waals surface area contributed by atoms with Crippen molar-refractivity contribution in [3.05, 3.63) is 57.6 Å². The zero-order chi connectivity index (χ0) is 24.7. The maximum absolute atomic E-state index is 10.3. The average molecular weight is 533 g/mol. The molecule has 0 aliphatic carbocycles. The van der Waals surface area contributed by atoms with Crippen LogP contribution in [0.5, 0.6) is 11.5 Å². The predicted molar refractivity (Wildman–Crippen MR) is 136 cm³/mol. The van der Waals surface area contributed by atoms with E-state index in [2.05, 4.69) is 18.7 Å². The highest BCUT2D eigenvalue weighted by Gasteiger charge is 2.26. The Balaban J connectivity index is 1.62. The van der Waals surface area contributed by atoms with Crippen molar-refractivity contribution in [3.63, 3.8) is 0 Å². The van der Waals surface area contributed by atoms with Crippen molar-refractivity contribution in [2.24, 2.45) is 0 Å². The van der Waals surface area contributed by atoms with Crippen LogP contribution in [0.25, 0.3) is 0 Å². The first-order valence-electron chi connectivity index (χ1n) is 11.3. The Morgan fingerprint density at radius 2 is 1.53 bits per heavy atom. The Kier molecular flexibility index (Phi) is 10.2. The molecule has 0 aromatic heterocycles. The van der Waals surface area contributed by atoms with Gasteiger partial charge in [0, 0.05) is 25.0 Å². The molecule has 1 aliphatic rings. The fourth-order valence-corrected chi connectivity index (χ4v) is 4.43. The van der Waals surface area contributed by atoms with Gasteiger partial charge in [0.15, 0.2) is 5.75 Å². The number of β-amino-alcohol motifs (C(OH)–C–C–N with tert-alkyl or cyclic N) is 1. The van der Waals surface area contributed by atoms with Gasteiger partial charge in [-0.15, -0.1) is 11.6 Å². The van der Waals surface area contributed by atoms with Crippen molar-refractivity contribution < 1.29 is 24.4 Å². The maximum Gasteiger partial charge on any atom is 0.156 e. The molecule has 0 bridgehead atoms. The van der Waals surface area contributed by atoms with Gasteiger partial charge in [0.2, 0.25) is 0 Å². The van der Waals surface area contributed by atoms with Crippen molar-refractivity contribution in [3.8, 4) is 11.5 Å². The number of hydrogen-bond acceptors (Lipinski definition) is 6. The first-order chi connectivity index (χ1) is 16.2. The van der Waals surface area contributed by atoms with Crippen LogP contribution >= 0.6 is 34.8 Å². The first-order valence-corrected chi connectivity index (χ1v) is 12.6. The Hall–Kier alpha value is -1.25. The molecule has 9 heteroatoms. The highest BCUT2D eigenvalue weighted by atomic mass is 35.5. The predicted octanol–water partition coefficient (Wildman–Crippen LogP) is 4.37. The van der Waals surface area contributed by atoms with Crippen LogP contribution in [0.4, 0.5) is 0 Å². The Bertz CT molecular complexity index is 896. The molecule has 2 aromatic rings. The summed E-state index contributed by atoms with van der Waals surface area (Å²) < 4.78 is 16.7. The van der Waals surface area contributed by atoms with Crippen molar-refractivity contribution in [2.45, 2.75) is 31.5 Å². The third-order valence-electron chi connectivity index (χ3n) is 5.91. The summed E-state index contributed by atoms with van der Waals surface area (Å²) in [5.74, 6) is 1.08. The van der Waals surface area contributed by atoms with Crippen molar-refractivity contribution in [2.75, 3.05) is 51.9 Å². The molecular formula is C25H32Cl3NO5. The molecule has 0 radical (unpaired) electrons. The normalized spacial score (nSPS) is 16.8. The molecule has 0 spiro atoms. The zero-order valence-electron chi connectivity index (χ0n) is 19.5. The minimum absolute atomic E-state index is 0.00822. The lowest BCUT2D eigenvalue weighted by molar-refractivity contribution is 0.00465. The molecule has 1 heterocycles. The standard InChI is InChI=1S/C25H32Cl3NO5/c1-25(2,18-11-22(27)24(23(28)12-18)34-15-19(30)13-26)17-3-5-21(6-4-17)33-16-20(31)14-29-7-9-32-10-8-29/h3-6,11-12,19-20,30-31H,7-10,13-16H2,1-2H3/t19-,20-/m0/s1. The lowest BCUT2D eigenvalue weighted by atomic mass is 9.78. The second-order valence-corrected chi connectivity index (χ2v) is 10.0. The first kappa shape index (κ1) is 27.3. The van der Waals surface area contributed by atoms with Gasteiger partial charge < -0.3 is 24.4 Å². The number of halogens is 3. The van der Waals surface area contributed by atoms with E-state index in [1.54, 1.807) is 0 Å². The average Bonchev–Trinajstić information content (AvgIpc) is 2.82. The molecule has 2 aromatic carbocycles. The summed E-state index contributed by atoms with van der Waals surface area (Å²) in [6.45, 7) is 8.03. The van der Waals surface area contributed by atoms with E-state index in [1.165, 1.54) is 0 Å². The zero-order valence-corrected chi connectivity index (χ0v) is 21.7. The lowest BCUT2D eigenvalue weighted by Gasteiger charge is -2.28. The van der Waals surface area contributed by atoms with Crippen LogP contribution < -0.4 is 9.47 Å². The Labute approximate surface area is 216 Å². The van der Waals surface area contributed by atoms with Gasteiger partial charge in [-0.2, -0.15) is 0 Å². The van der Waals surface area contributed by atoms with Gasteiger partial charge in [0.1, 0.15) is 31.2 Å². The summed E-state index contributed by atoms with van der Waals surface area (Å²) in [4.78, 5) is 2.18. The van der Waals surface area contributed by atoms with E-state index < -0.39 is 17.6 Å². The number of aliphatic hydroxyl groups excluding tert-OH is 2. The Morgan fingerprint density at radius 1 is 0.941 bits per heavy atom. The van der Waals surface area contributed by atoms with Crippen molar-refractivity contribution >= 4 is 34.8 Å². The number of nitrogens with zero attached hydrogens (tertiary/aromatic N) is 1. The number of morpholine rings is 1. The SMILES string of the molecule is CC(C)(c1ccc(OC[C@@H](O)CN2CCOCC2)cc1)c1cc(Cl)c(OC[C@@H](O)CCl)c(Cl)c1. The van der Waals surface area contributed by atoms with Gasteiger partial charge in [-0.3, -0.25) is 4.90 Å². The van der Waals surface area contributed by atoms with E-state index in [4.69, 9.17) is 49.0 Å². The summed E-state index contributed by atoms with van der Waals surface area (Å²) in [6.07, 6.45) is -1.36. The van der Waals surface area contributed by atoms with Crippen molar-refractivity contribution in [1.82, 2.24) is 4.90 Å². The van der Waals surface area contributed by atoms with E-state index in [1.807, 2.05) is 36.4 Å². The summed E-state index contributed by atoms with van der Waals surface area (Å²) in [5.41, 5.74) is 1.57. The number of rotatable bonds is 11. The molecule has 188 valence electrons. The van der Waals surface area contributed by atoms with E-state index in [0.29, 0.717) is 41.3 Å². The second-order valence-electron chi connectivity index (χ2n) is 8.92. The fourth-order valence-electron chi connectivity index (χ4n) is 3.74. The number of hydrogen-bond donors (Lipinski definition) is 2. The summed E-state index contributed by atoms with van der Waals surface area (Å²) in [7, 11) is 0. The third kappa shape index (κ3) is 7.37. The highest BCUT2D eigenvalue weighted by molar-refractivity contribution is 6.37. The van der Waals surface area contributed by atoms with Gasteiger partial charge in [-0.25, -0.2) is 0 Å². The van der Waals surface area contributed by atoms with Crippen molar-refractivity contribution in [1.29, 1.82) is 0 Å². The molecule has 2 atom stereocenters. The van der Waals surface area contributed by atoms with E-state index in [9.17, 15) is 10.2 Å². The molecule has 0 amide bonds. The monoisotopic (exact) mass is 531 g/mol. The molecule has 0 saturated carbocycles. The largest absolute Gasteiger partial charge is 0.491 e. The second kappa shape index (κ2) is 12.6. The van der Waals surface area contributed by atoms with Gasteiger partial charge in [0.05, 0.1) is 29.1 Å². The maximum atomic E-state index is 10.3. The van der Waals surface area contributed by atoms with Crippen LogP contribution in [0.3, 0.4) is 0 Å². The number of aliphatic hydroxyl groups is 2. The lowest BCUT2D eigenvalue weighted by Crippen LogP contribution is -2.42. The van der Waals surface area contributed by atoms with Gasteiger partial charge in [-0.1, -0.05) is 49.2 Å². The minimum Gasteiger partial charge on any atom is -0.491 e. The molecule has 3 rings (SSSR count). The smallest absolute Gasteiger partial charge is 0.156 e. The van der Waals surface area contributed by atoms with Crippen LogP contribution in [-0.2, 0) is 10.2 Å². The van der Waals surface area contributed by atoms with Crippen LogP contribution in [0, 0.1) is 0 Å². The summed E-state index contributed by atoms with van der Waals surface area (Å²) in [6, 6.07) is 11.4. The molecule has 6 nitrogen and oxygen atoms in total. The molecule has 1 aliphatic heterocycles. The number of alkyl halides is 1. The van der Waals surface area contributed by atoms with Crippen LogP contribution in [0.2, 0.25) is 10.0 Å². The fraction of sp³-hybridized carbons (Fsp3) is 0.520. The van der Waals surface area contributed by atoms with E-state index in [0.717, 1.165) is 24.2 Å². The molecule has 34 heavy (non-hydrogen) atoms. The third-order valence-corrected chi connectivity index (χ3v) is 6.83. The van der Waals surface area contributed by atoms with E-state index in [-0.39, 0.29) is 19.1 Å². The quantitative estimate of drug-likeness (QED) is 0.419. The van der Waals surface area contributed by atoms with E-state index >= 15 is 0 Å². The Morgan fingerprint density at radius 3 is 2.12 bits per heavy atom. The molecule has 2 N–H and O–H groups in total. The molecule has 1 saturated heterocycles. The molecule has 0 unspecified atom stereocenters. The van der Waals surface area contributed by atoms with Gasteiger partial charge in [-0.05, 0) is 35.4 Å². The van der Waals surface area contributed by atoms with Gasteiger partial charge in [0.25, 0.3) is 0 Å².